The fraction of sp³-hybridized carbons (Fsp3) is 0.462. The van der Waals surface area contributed by atoms with E-state index in [-0.39, 0.29) is 0 Å². The van der Waals surface area contributed by atoms with Gasteiger partial charge in [0.1, 0.15) is 5.82 Å². The van der Waals surface area contributed by atoms with E-state index in [0.717, 1.165) is 42.8 Å². The third-order valence-electron chi connectivity index (χ3n) is 3.36. The molecule has 0 unspecified atom stereocenters. The molecule has 3 rings (SSSR count). The number of hydrogen-bond donors (Lipinski definition) is 1. The maximum atomic E-state index is 4.54. The van der Waals surface area contributed by atoms with Crippen LogP contribution < -0.4 is 15.1 Å². The minimum atomic E-state index is 0.683. The van der Waals surface area contributed by atoms with Crippen LogP contribution in [0.1, 0.15) is 5.69 Å². The van der Waals surface area contributed by atoms with E-state index in [1.807, 2.05) is 31.6 Å². The van der Waals surface area contributed by atoms with Gasteiger partial charge in [0.05, 0.1) is 0 Å². The van der Waals surface area contributed by atoms with Crippen molar-refractivity contribution in [3.05, 3.63) is 23.3 Å². The molecule has 1 N–H and O–H groups in total. The van der Waals surface area contributed by atoms with E-state index in [2.05, 4.69) is 30.1 Å². The molecule has 1 aliphatic rings. The molecule has 0 amide bonds. The predicted octanol–water partition coefficient (Wildman–Crippen LogP) is 1.61. The maximum absolute atomic E-state index is 4.54. The summed E-state index contributed by atoms with van der Waals surface area (Å²) in [5.41, 5.74) is 0.988. The molecule has 0 radical (unpaired) electrons. The molecule has 3 heterocycles. The molecule has 2 aromatic heterocycles. The molecule has 0 bridgehead atoms. The Bertz CT molecular complexity index is 562. The number of piperazine rings is 1. The molecule has 0 saturated carbocycles. The number of aryl methyl sites for hydroxylation is 1. The Labute approximate surface area is 122 Å². The highest BCUT2D eigenvalue weighted by molar-refractivity contribution is 7.13. The van der Waals surface area contributed by atoms with Gasteiger partial charge in [-0.3, -0.25) is 0 Å². The van der Waals surface area contributed by atoms with Gasteiger partial charge < -0.3 is 15.1 Å². The van der Waals surface area contributed by atoms with E-state index < -0.39 is 0 Å². The van der Waals surface area contributed by atoms with Gasteiger partial charge in [-0.05, 0) is 6.92 Å². The van der Waals surface area contributed by atoms with Crippen LogP contribution in [-0.4, -0.2) is 48.2 Å². The van der Waals surface area contributed by atoms with E-state index in [9.17, 15) is 0 Å². The third kappa shape index (κ3) is 2.67. The molecule has 1 aliphatic heterocycles. The third-order valence-corrected chi connectivity index (χ3v) is 4.19. The van der Waals surface area contributed by atoms with Crippen LogP contribution in [0.5, 0.6) is 0 Å². The number of thiazole rings is 1. The highest BCUT2D eigenvalue weighted by Gasteiger charge is 2.20. The first-order valence-electron chi connectivity index (χ1n) is 6.69. The lowest BCUT2D eigenvalue weighted by Gasteiger charge is -2.35. The molecule has 7 heteroatoms. The molecule has 1 fully saturated rings. The zero-order valence-corrected chi connectivity index (χ0v) is 12.5. The van der Waals surface area contributed by atoms with Gasteiger partial charge in [0, 0.05) is 56.6 Å². The standard InChI is InChI=1S/C13H18N6S/c1-10-9-11(17-12(14-2)16-10)18-4-6-19(7-5-18)13-15-3-8-20-13/h3,8-9H,4-7H2,1-2H3,(H,14,16,17). The monoisotopic (exact) mass is 290 g/mol. The van der Waals surface area contributed by atoms with Crippen molar-refractivity contribution in [2.75, 3.05) is 48.3 Å². The van der Waals surface area contributed by atoms with Crippen molar-refractivity contribution in [2.45, 2.75) is 6.92 Å². The van der Waals surface area contributed by atoms with Crippen LogP contribution in [0.15, 0.2) is 17.6 Å². The van der Waals surface area contributed by atoms with Crippen molar-refractivity contribution in [3.8, 4) is 0 Å². The van der Waals surface area contributed by atoms with Gasteiger partial charge in [0.15, 0.2) is 5.13 Å². The summed E-state index contributed by atoms with van der Waals surface area (Å²) in [5, 5.41) is 6.14. The molecule has 0 spiro atoms. The number of nitrogens with one attached hydrogen (secondary N) is 1. The van der Waals surface area contributed by atoms with Crippen LogP contribution in [0.3, 0.4) is 0 Å². The lowest BCUT2D eigenvalue weighted by Crippen LogP contribution is -2.46. The molecule has 20 heavy (non-hydrogen) atoms. The summed E-state index contributed by atoms with van der Waals surface area (Å²) in [4.78, 5) is 17.9. The Balaban J connectivity index is 1.70. The zero-order valence-electron chi connectivity index (χ0n) is 11.7. The molecule has 0 aliphatic carbocycles. The summed E-state index contributed by atoms with van der Waals surface area (Å²) in [6.45, 7) is 5.87. The summed E-state index contributed by atoms with van der Waals surface area (Å²) >= 11 is 1.70. The Hall–Kier alpha value is -1.89. The van der Waals surface area contributed by atoms with Crippen LogP contribution in [-0.2, 0) is 0 Å². The van der Waals surface area contributed by atoms with E-state index in [4.69, 9.17) is 0 Å². The van der Waals surface area contributed by atoms with Gasteiger partial charge in [0.25, 0.3) is 0 Å². The molecule has 1 saturated heterocycles. The topological polar surface area (TPSA) is 57.2 Å². The smallest absolute Gasteiger partial charge is 0.224 e. The second-order valence-electron chi connectivity index (χ2n) is 4.73. The first-order valence-corrected chi connectivity index (χ1v) is 7.57. The fourth-order valence-corrected chi connectivity index (χ4v) is 3.02. The van der Waals surface area contributed by atoms with Gasteiger partial charge in [-0.25, -0.2) is 9.97 Å². The van der Waals surface area contributed by atoms with Crippen molar-refractivity contribution >= 4 is 28.2 Å². The Morgan fingerprint density at radius 2 is 1.90 bits per heavy atom. The number of nitrogens with zero attached hydrogens (tertiary/aromatic N) is 5. The van der Waals surface area contributed by atoms with Crippen molar-refractivity contribution in [1.82, 2.24) is 15.0 Å². The first-order chi connectivity index (χ1) is 9.76. The van der Waals surface area contributed by atoms with Gasteiger partial charge in [-0.1, -0.05) is 0 Å². The highest BCUT2D eigenvalue weighted by Crippen LogP contribution is 2.21. The summed E-state index contributed by atoms with van der Waals surface area (Å²) in [5.74, 6) is 1.68. The van der Waals surface area contributed by atoms with E-state index >= 15 is 0 Å². The molecule has 106 valence electrons. The van der Waals surface area contributed by atoms with Crippen LogP contribution in [0.4, 0.5) is 16.9 Å². The molecule has 0 atom stereocenters. The van der Waals surface area contributed by atoms with Crippen molar-refractivity contribution < 1.29 is 0 Å². The second kappa shape index (κ2) is 5.62. The fourth-order valence-electron chi connectivity index (χ4n) is 2.32. The number of rotatable bonds is 3. The summed E-state index contributed by atoms with van der Waals surface area (Å²) in [6, 6.07) is 2.04. The predicted molar refractivity (Wildman–Crippen MR) is 82.9 cm³/mol. The number of hydrogen-bond acceptors (Lipinski definition) is 7. The Morgan fingerprint density at radius 3 is 2.55 bits per heavy atom. The summed E-state index contributed by atoms with van der Waals surface area (Å²) in [7, 11) is 1.85. The average Bonchev–Trinajstić information content (AvgIpc) is 3.01. The second-order valence-corrected chi connectivity index (χ2v) is 5.60. The largest absolute Gasteiger partial charge is 0.357 e. The number of aromatic nitrogens is 3. The SMILES string of the molecule is CNc1nc(C)cc(N2CCN(c3nccs3)CC2)n1. The molecule has 2 aromatic rings. The zero-order chi connectivity index (χ0) is 13.9. The van der Waals surface area contributed by atoms with E-state index in [0.29, 0.717) is 5.95 Å². The Morgan fingerprint density at radius 1 is 1.15 bits per heavy atom. The molecule has 0 aromatic carbocycles. The molecular weight excluding hydrogens is 272 g/mol. The minimum absolute atomic E-state index is 0.683. The van der Waals surface area contributed by atoms with Gasteiger partial charge >= 0.3 is 0 Å². The van der Waals surface area contributed by atoms with Crippen molar-refractivity contribution in [1.29, 1.82) is 0 Å². The molecule has 6 nitrogen and oxygen atoms in total. The molecular formula is C13H18N6S. The normalized spacial score (nSPS) is 15.5. The lowest BCUT2D eigenvalue weighted by molar-refractivity contribution is 0.645. The van der Waals surface area contributed by atoms with Crippen LogP contribution in [0, 0.1) is 6.92 Å². The van der Waals surface area contributed by atoms with E-state index in [1.165, 1.54) is 0 Å². The summed E-state index contributed by atoms with van der Waals surface area (Å²) in [6.07, 6.45) is 1.86. The van der Waals surface area contributed by atoms with Crippen LogP contribution in [0.2, 0.25) is 0 Å². The minimum Gasteiger partial charge on any atom is -0.357 e. The van der Waals surface area contributed by atoms with Gasteiger partial charge in [-0.15, -0.1) is 11.3 Å². The highest BCUT2D eigenvalue weighted by atomic mass is 32.1. The average molecular weight is 290 g/mol. The van der Waals surface area contributed by atoms with Gasteiger partial charge in [-0.2, -0.15) is 4.98 Å². The first kappa shape index (κ1) is 13.1. The number of anilines is 3. The summed E-state index contributed by atoms with van der Waals surface area (Å²) < 4.78 is 0. The quantitative estimate of drug-likeness (QED) is 0.927. The van der Waals surface area contributed by atoms with Gasteiger partial charge in [0.2, 0.25) is 5.95 Å². The Kier molecular flexibility index (Phi) is 3.68. The van der Waals surface area contributed by atoms with Crippen molar-refractivity contribution in [2.24, 2.45) is 0 Å². The van der Waals surface area contributed by atoms with Crippen LogP contribution >= 0.6 is 11.3 Å². The maximum Gasteiger partial charge on any atom is 0.224 e. The van der Waals surface area contributed by atoms with E-state index in [1.54, 1.807) is 11.3 Å². The lowest BCUT2D eigenvalue weighted by atomic mass is 10.3. The van der Waals surface area contributed by atoms with Crippen molar-refractivity contribution in [3.63, 3.8) is 0 Å². The van der Waals surface area contributed by atoms with Crippen LogP contribution in [0.25, 0.3) is 0 Å².